The van der Waals surface area contributed by atoms with Gasteiger partial charge in [-0.25, -0.2) is 0 Å². The van der Waals surface area contributed by atoms with Crippen molar-refractivity contribution < 1.29 is 123 Å². The lowest BCUT2D eigenvalue weighted by Gasteiger charge is -2.57. The van der Waals surface area contributed by atoms with Crippen molar-refractivity contribution in [2.75, 3.05) is 13.2 Å². The van der Waals surface area contributed by atoms with Crippen LogP contribution in [0.5, 0.6) is 11.5 Å². The number of hydrogen-bond donors (Lipinski definition) is 4. The van der Waals surface area contributed by atoms with Crippen LogP contribution in [0.2, 0.25) is 96.7 Å². The molecule has 28 nitrogen and oxygen atoms in total. The van der Waals surface area contributed by atoms with Gasteiger partial charge in [-0.05, 0) is 163 Å². The fourth-order valence-electron chi connectivity index (χ4n) is 16.1. The van der Waals surface area contributed by atoms with Gasteiger partial charge in [0.1, 0.15) is 11.5 Å². The first-order chi connectivity index (χ1) is 57.9. The van der Waals surface area contributed by atoms with Crippen LogP contribution in [-0.4, -0.2) is 200 Å². The van der Waals surface area contributed by atoms with Crippen molar-refractivity contribution in [2.24, 2.45) is 82.9 Å². The molecule has 127 heavy (non-hydrogen) atoms. The van der Waals surface area contributed by atoms with Crippen LogP contribution in [0, 0.1) is 82.9 Å². The summed E-state index contributed by atoms with van der Waals surface area (Å²) in [5, 5.41) is 0. The van der Waals surface area contributed by atoms with Crippen LogP contribution in [0.4, 0.5) is 0 Å². The van der Waals surface area contributed by atoms with E-state index in [0.29, 0.717) is 71.6 Å². The summed E-state index contributed by atoms with van der Waals surface area (Å²) in [4.78, 5) is 73.7. The van der Waals surface area contributed by atoms with Gasteiger partial charge in [0.15, 0.2) is 11.6 Å². The zero-order valence-corrected chi connectivity index (χ0v) is 101. The van der Waals surface area contributed by atoms with E-state index in [9.17, 15) is 28.8 Å². The number of carbonyl (C=O) groups is 2. The second kappa shape index (κ2) is 51.7. The molecule has 0 aliphatic carbocycles. The quantitative estimate of drug-likeness (QED) is 0.0234. The van der Waals surface area contributed by atoms with E-state index in [0.717, 1.165) is 43.1 Å². The van der Waals surface area contributed by atoms with Gasteiger partial charge in [-0.3, -0.25) is 9.59 Å². The van der Waals surface area contributed by atoms with E-state index < -0.39 is 124 Å². The van der Waals surface area contributed by atoms with Gasteiger partial charge in [0.2, 0.25) is 0 Å². The molecule has 6 aliphatic heterocycles. The van der Waals surface area contributed by atoms with E-state index >= 15 is 0 Å². The molecule has 3 aromatic carbocycles. The van der Waals surface area contributed by atoms with Crippen LogP contribution >= 0.6 is 0 Å². The lowest BCUT2D eigenvalue weighted by atomic mass is 10.0. The van der Waals surface area contributed by atoms with Gasteiger partial charge in [0, 0.05) is 110 Å². The van der Waals surface area contributed by atoms with Crippen LogP contribution < -0.4 is 9.47 Å². The Balaban J connectivity index is 0.000000389. The Kier molecular flexibility index (Phi) is 48.2. The van der Waals surface area contributed by atoms with Crippen molar-refractivity contribution in [3.63, 3.8) is 0 Å². The fraction of sp³-hybridized carbons (Fsp3) is 0.759. The highest BCUT2D eigenvalue weighted by Gasteiger charge is 2.78. The highest BCUT2D eigenvalue weighted by molar-refractivity contribution is 6.99. The molecule has 0 aromatic heterocycles. The van der Waals surface area contributed by atoms with Gasteiger partial charge < -0.3 is 114 Å². The first-order valence-electron chi connectivity index (χ1n) is 46.9. The Labute approximate surface area is 787 Å². The molecule has 8 atom stereocenters. The van der Waals surface area contributed by atoms with Crippen molar-refractivity contribution in [3.8, 4) is 11.5 Å². The third kappa shape index (κ3) is 38.8. The molecule has 9 rings (SSSR count). The summed E-state index contributed by atoms with van der Waals surface area (Å²) in [5.74, 6) is 3.29. The molecule has 3 aromatic rings. The van der Waals surface area contributed by atoms with Crippen LogP contribution in [0.3, 0.4) is 0 Å². The summed E-state index contributed by atoms with van der Waals surface area (Å²) in [6.07, 6.45) is 2.23. The Morgan fingerprint density at radius 3 is 0.717 bits per heavy atom. The SMILES string of the molecule is CC(=O)c1ccc(OCCC[SiH3])cc1.CC(C)C[SiH]1O[Si]2(CC(C)C)O[Si](O)(CC(C)C)O[Si]3(CC(C)C)O[Si](O)(CC(C)C)O[Si](CC(C)C)(O1)O[Si](CC(C)C)(O2)O3.CC(C)C[SiH]1O[Si]2(CC(C)C)O[Si](O)(CC(C)C)O[Si]3(CC(C)C)O[Si](O)(CC(C)C)O[Si](CC(C)C)(O1)O[Si](CC(C)C)(O2)O3.O.O.O=C(c1ccccc1)c1ccc(OCCC[SiH3])cc1. The number of Topliss-reactive ketones (excluding diaryl/α,β-unsaturated/α-hetero) is 1. The molecule has 734 valence electrons. The number of ketones is 2. The average molecular weight is 2070 g/mol. The third-order valence-electron chi connectivity index (χ3n) is 19.8. The van der Waals surface area contributed by atoms with Crippen molar-refractivity contribution in [1.82, 2.24) is 0 Å². The molecule has 0 saturated carbocycles. The van der Waals surface area contributed by atoms with Crippen molar-refractivity contribution in [3.05, 3.63) is 95.6 Å². The Morgan fingerprint density at radius 2 is 0.496 bits per heavy atom. The predicted molar refractivity (Wildman–Crippen MR) is 536 cm³/mol. The maximum atomic E-state index is 12.6. The molecule has 8 N–H and O–H groups in total. The Morgan fingerprint density at radius 1 is 0.291 bits per heavy atom. The number of rotatable bonds is 39. The summed E-state index contributed by atoms with van der Waals surface area (Å²) >= 11 is 0. The highest BCUT2D eigenvalue weighted by Crippen LogP contribution is 2.52. The maximum absolute atomic E-state index is 12.6. The number of hydrogen-bond acceptors (Lipinski definition) is 26. The van der Waals surface area contributed by atoms with E-state index in [2.05, 4.69) is 138 Å². The molecule has 6 fully saturated rings. The Hall–Kier alpha value is -0.890. The first kappa shape index (κ1) is 118. The number of benzene rings is 3. The number of fused-ring (bicyclic) bond motifs is 6. The number of carbonyl (C=O) groups excluding carboxylic acids is 2. The second-order valence-electron chi connectivity index (χ2n) is 41.2. The lowest BCUT2D eigenvalue weighted by Crippen LogP contribution is -2.81. The van der Waals surface area contributed by atoms with Crippen LogP contribution in [0.1, 0.15) is 240 Å². The smallest absolute Gasteiger partial charge is 0.483 e. The predicted octanol–water partition coefficient (Wildman–Crippen LogP) is 15.5. The molecular weight excluding hydrogens is 1890 g/mol. The monoisotopic (exact) mass is 2060 g/mol. The zero-order chi connectivity index (χ0) is 93.8. The topological polar surface area (TPSA) is 363 Å². The van der Waals surface area contributed by atoms with Crippen molar-refractivity contribution in [1.29, 1.82) is 0 Å². The minimum Gasteiger partial charge on any atom is -0.494 e. The van der Waals surface area contributed by atoms with Gasteiger partial charge >= 0.3 is 124 Å². The van der Waals surface area contributed by atoms with E-state index in [1.807, 2.05) is 122 Å². The van der Waals surface area contributed by atoms with Gasteiger partial charge in [0.05, 0.1) is 13.2 Å². The molecule has 0 amide bonds. The molecule has 8 bridgehead atoms. The minimum absolute atomic E-state index is 0. The minimum atomic E-state index is -4.13. The van der Waals surface area contributed by atoms with Crippen LogP contribution in [0.15, 0.2) is 78.9 Å². The van der Waals surface area contributed by atoms with Gasteiger partial charge in [-0.2, -0.15) is 0 Å². The Bertz CT molecular complexity index is 3450. The average Bonchev–Trinajstić information content (AvgIpc) is 0.718. The van der Waals surface area contributed by atoms with Gasteiger partial charge in [-0.1, -0.05) is 236 Å². The summed E-state index contributed by atoms with van der Waals surface area (Å²) < 4.78 is 140. The zero-order valence-electron chi connectivity index (χ0n) is 83.2. The largest absolute Gasteiger partial charge is 0.494 e. The normalized spacial score (nSPS) is 31.0. The summed E-state index contributed by atoms with van der Waals surface area (Å²) in [6.45, 7) is 61.4. The molecule has 6 aliphatic rings. The fourth-order valence-corrected chi connectivity index (χ4v) is 93.2. The van der Waals surface area contributed by atoms with E-state index in [1.165, 1.54) is 32.6 Å². The molecule has 8 unspecified atom stereocenters. The maximum Gasteiger partial charge on any atom is 0.483 e. The van der Waals surface area contributed by atoms with E-state index in [4.69, 9.17) is 83.5 Å². The van der Waals surface area contributed by atoms with Gasteiger partial charge in [-0.15, -0.1) is 0 Å². The molecule has 6 heterocycles. The first-order valence-corrected chi connectivity index (χ1v) is 76.6. The lowest BCUT2D eigenvalue weighted by molar-refractivity contribution is 0.0114. The summed E-state index contributed by atoms with van der Waals surface area (Å²) in [5.41, 5.74) is 2.15. The standard InChI is InChI=1S/2C28H66O11Si7.C16H18O2Si.C11H16O2Si.2H2O/c2*1-22(2)15-40-31-43(18-25(7)8)33-41(29,16-23(3)4)35-45(20-27(11)12)36-42(30,17-24(5)6)34-44(32-40,19-26(9)10)38-46(37-43,39-45)21-28(13)14;17-16(13-5-2-1-3-6-13)14-7-9-15(10-8-14)18-11-4-12-19;1-9(12)10-3-5-11(6-4-10)13-7-2-8-14;;/h2*22-30,40H,15-21H2,1-14H3;1-3,5-10H,4,11-12H2,19H3;3-6H,2,7-8H2,1,14H3;2*1H2. The van der Waals surface area contributed by atoms with E-state index in [-0.39, 0.29) is 130 Å². The summed E-state index contributed by atoms with van der Waals surface area (Å²) in [7, 11) is -50.2. The number of ether oxygens (including phenoxy) is 2. The van der Waals surface area contributed by atoms with Crippen molar-refractivity contribution >= 4 is 156 Å². The molecule has 44 heteroatoms. The van der Waals surface area contributed by atoms with Crippen molar-refractivity contribution in [2.45, 2.75) is 310 Å². The second-order valence-corrected chi connectivity index (χ2v) is 82.6. The molecule has 6 saturated heterocycles. The molecule has 0 spiro atoms. The summed E-state index contributed by atoms with van der Waals surface area (Å²) in [6, 6.07) is 32.3. The molecular formula is C83H170O28Si16. The highest BCUT2D eigenvalue weighted by atomic mass is 28.6. The molecule has 0 radical (unpaired) electrons. The van der Waals surface area contributed by atoms with E-state index in [1.54, 1.807) is 19.1 Å². The van der Waals surface area contributed by atoms with Crippen LogP contribution in [0.25, 0.3) is 0 Å². The third-order valence-corrected chi connectivity index (χ3v) is 84.8. The van der Waals surface area contributed by atoms with Gasteiger partial charge in [0.25, 0.3) is 0 Å². The van der Waals surface area contributed by atoms with Crippen LogP contribution in [-0.2, 0) is 74.1 Å².